The Hall–Kier alpha value is -1.30. The monoisotopic (exact) mass is 356 g/mol. The van der Waals surface area contributed by atoms with Gasteiger partial charge < -0.3 is 14.6 Å². The van der Waals surface area contributed by atoms with Crippen LogP contribution in [0, 0.1) is 5.92 Å². The van der Waals surface area contributed by atoms with E-state index < -0.39 is 11.9 Å². The SMILES string of the molecule is CC(C)n1cc(Br)cc1C(=O)N(C[C@H](C)C(=O)O)C1CC1. The average molecular weight is 357 g/mol. The molecule has 116 valence electrons. The van der Waals surface area contributed by atoms with E-state index in [4.69, 9.17) is 5.11 Å². The van der Waals surface area contributed by atoms with E-state index in [0.29, 0.717) is 5.69 Å². The Morgan fingerprint density at radius 1 is 1.43 bits per heavy atom. The van der Waals surface area contributed by atoms with E-state index in [1.807, 2.05) is 30.7 Å². The van der Waals surface area contributed by atoms with Crippen molar-refractivity contribution in [2.24, 2.45) is 5.92 Å². The number of nitrogens with zero attached hydrogens (tertiary/aromatic N) is 2. The van der Waals surface area contributed by atoms with E-state index in [2.05, 4.69) is 15.9 Å². The Bertz CT molecular complexity index is 549. The lowest BCUT2D eigenvalue weighted by Crippen LogP contribution is -2.39. The molecule has 5 nitrogen and oxygen atoms in total. The minimum Gasteiger partial charge on any atom is -0.481 e. The van der Waals surface area contributed by atoms with Crippen LogP contribution in [0.25, 0.3) is 0 Å². The fraction of sp³-hybridized carbons (Fsp3) is 0.600. The maximum atomic E-state index is 12.8. The van der Waals surface area contributed by atoms with Gasteiger partial charge in [-0.25, -0.2) is 0 Å². The fourth-order valence-corrected chi connectivity index (χ4v) is 2.79. The van der Waals surface area contributed by atoms with Crippen molar-refractivity contribution in [3.63, 3.8) is 0 Å². The first-order chi connectivity index (χ1) is 9.81. The van der Waals surface area contributed by atoms with Crippen LogP contribution in [-0.4, -0.2) is 39.0 Å². The van der Waals surface area contributed by atoms with E-state index in [9.17, 15) is 9.59 Å². The van der Waals surface area contributed by atoms with Gasteiger partial charge >= 0.3 is 5.97 Å². The summed E-state index contributed by atoms with van der Waals surface area (Å²) in [5, 5.41) is 9.08. The van der Waals surface area contributed by atoms with Gasteiger partial charge in [0.2, 0.25) is 0 Å². The predicted octanol–water partition coefficient (Wildman–Crippen LogP) is 3.16. The standard InChI is InChI=1S/C15H21BrN2O3/c1-9(2)17-8-11(16)6-13(17)14(19)18(12-4-5-12)7-10(3)15(20)21/h6,8-10,12H,4-5,7H2,1-3H3,(H,20,21)/t10-/m0/s1. The number of halogens is 1. The molecule has 1 amide bonds. The first-order valence-corrected chi connectivity index (χ1v) is 8.01. The van der Waals surface area contributed by atoms with Crippen LogP contribution in [0.4, 0.5) is 0 Å². The zero-order valence-corrected chi connectivity index (χ0v) is 14.1. The van der Waals surface area contributed by atoms with Crippen LogP contribution in [0.1, 0.15) is 50.1 Å². The third kappa shape index (κ3) is 3.67. The normalized spacial score (nSPS) is 16.0. The van der Waals surface area contributed by atoms with Gasteiger partial charge in [0.05, 0.1) is 5.92 Å². The lowest BCUT2D eigenvalue weighted by atomic mass is 10.1. The van der Waals surface area contributed by atoms with Gasteiger partial charge in [0.25, 0.3) is 5.91 Å². The Morgan fingerprint density at radius 3 is 2.52 bits per heavy atom. The molecule has 1 atom stereocenters. The van der Waals surface area contributed by atoms with Gasteiger partial charge in [-0.15, -0.1) is 0 Å². The topological polar surface area (TPSA) is 62.5 Å². The number of amides is 1. The number of carboxylic acid groups (broad SMARTS) is 1. The zero-order valence-electron chi connectivity index (χ0n) is 12.5. The van der Waals surface area contributed by atoms with Gasteiger partial charge in [0, 0.05) is 29.3 Å². The Kier molecular flexibility index (Phi) is 4.76. The molecule has 2 rings (SSSR count). The van der Waals surface area contributed by atoms with Gasteiger partial charge in [0.1, 0.15) is 5.69 Å². The van der Waals surface area contributed by atoms with Crippen molar-refractivity contribution in [1.82, 2.24) is 9.47 Å². The molecule has 21 heavy (non-hydrogen) atoms. The quantitative estimate of drug-likeness (QED) is 0.851. The van der Waals surface area contributed by atoms with Crippen LogP contribution in [-0.2, 0) is 4.79 Å². The number of rotatable bonds is 6. The molecule has 0 spiro atoms. The van der Waals surface area contributed by atoms with Crippen LogP contribution in [0.5, 0.6) is 0 Å². The lowest BCUT2D eigenvalue weighted by Gasteiger charge is -2.25. The molecule has 1 aliphatic carbocycles. The number of carbonyl (C=O) groups excluding carboxylic acids is 1. The molecule has 1 fully saturated rings. The number of aromatic nitrogens is 1. The molecule has 1 N–H and O–H groups in total. The highest BCUT2D eigenvalue weighted by Crippen LogP contribution is 2.30. The van der Waals surface area contributed by atoms with Crippen molar-refractivity contribution < 1.29 is 14.7 Å². The summed E-state index contributed by atoms with van der Waals surface area (Å²) in [6.07, 6.45) is 3.81. The van der Waals surface area contributed by atoms with Crippen molar-refractivity contribution in [3.05, 3.63) is 22.4 Å². The molecule has 1 saturated carbocycles. The number of hydrogen-bond acceptors (Lipinski definition) is 2. The largest absolute Gasteiger partial charge is 0.481 e. The van der Waals surface area contributed by atoms with E-state index in [-0.39, 0.29) is 24.5 Å². The number of aliphatic carboxylic acids is 1. The molecule has 1 heterocycles. The third-order valence-electron chi connectivity index (χ3n) is 3.73. The van der Waals surface area contributed by atoms with Crippen molar-refractivity contribution in [3.8, 4) is 0 Å². The molecule has 1 aromatic heterocycles. The Labute approximate surface area is 133 Å². The van der Waals surface area contributed by atoms with E-state index in [1.54, 1.807) is 11.8 Å². The fourth-order valence-electron chi connectivity index (χ4n) is 2.35. The van der Waals surface area contributed by atoms with Crippen molar-refractivity contribution in [2.45, 2.75) is 45.7 Å². The van der Waals surface area contributed by atoms with Gasteiger partial charge in [-0.1, -0.05) is 6.92 Å². The van der Waals surface area contributed by atoms with Crippen molar-refractivity contribution in [1.29, 1.82) is 0 Å². The molecular weight excluding hydrogens is 336 g/mol. The summed E-state index contributed by atoms with van der Waals surface area (Å²) in [5.41, 5.74) is 0.612. The van der Waals surface area contributed by atoms with Gasteiger partial charge in [0.15, 0.2) is 0 Å². The lowest BCUT2D eigenvalue weighted by molar-refractivity contribution is -0.141. The van der Waals surface area contributed by atoms with E-state index >= 15 is 0 Å². The molecule has 0 aromatic carbocycles. The summed E-state index contributed by atoms with van der Waals surface area (Å²) in [6.45, 7) is 5.94. The predicted molar refractivity (Wildman–Crippen MR) is 83.4 cm³/mol. The molecule has 0 radical (unpaired) electrons. The van der Waals surface area contributed by atoms with Crippen LogP contribution < -0.4 is 0 Å². The maximum Gasteiger partial charge on any atom is 0.308 e. The minimum absolute atomic E-state index is 0.0787. The summed E-state index contributed by atoms with van der Waals surface area (Å²) >= 11 is 3.41. The summed E-state index contributed by atoms with van der Waals surface area (Å²) in [4.78, 5) is 25.6. The molecule has 1 aromatic rings. The second kappa shape index (κ2) is 6.22. The van der Waals surface area contributed by atoms with Crippen LogP contribution >= 0.6 is 15.9 Å². The Balaban J connectivity index is 2.24. The van der Waals surface area contributed by atoms with Crippen LogP contribution in [0.3, 0.4) is 0 Å². The second-order valence-corrected chi connectivity index (χ2v) is 6.89. The Morgan fingerprint density at radius 2 is 2.05 bits per heavy atom. The first kappa shape index (κ1) is 16.1. The summed E-state index contributed by atoms with van der Waals surface area (Å²) in [7, 11) is 0. The average Bonchev–Trinajstić information content (AvgIpc) is 3.16. The van der Waals surface area contributed by atoms with Gasteiger partial charge in [-0.3, -0.25) is 9.59 Å². The summed E-state index contributed by atoms with van der Waals surface area (Å²) in [6, 6.07) is 2.17. The molecule has 6 heteroatoms. The van der Waals surface area contributed by atoms with Crippen molar-refractivity contribution in [2.75, 3.05) is 6.54 Å². The highest BCUT2D eigenvalue weighted by atomic mass is 79.9. The zero-order chi connectivity index (χ0) is 15.7. The molecule has 0 aliphatic heterocycles. The minimum atomic E-state index is -0.867. The van der Waals surface area contributed by atoms with Crippen LogP contribution in [0.2, 0.25) is 0 Å². The molecule has 1 aliphatic rings. The highest BCUT2D eigenvalue weighted by Gasteiger charge is 2.36. The van der Waals surface area contributed by atoms with E-state index in [1.165, 1.54) is 0 Å². The smallest absolute Gasteiger partial charge is 0.308 e. The van der Waals surface area contributed by atoms with Gasteiger partial charge in [-0.2, -0.15) is 0 Å². The highest BCUT2D eigenvalue weighted by molar-refractivity contribution is 9.10. The van der Waals surface area contributed by atoms with Gasteiger partial charge in [-0.05, 0) is 48.7 Å². The number of hydrogen-bond donors (Lipinski definition) is 1. The maximum absolute atomic E-state index is 12.8. The summed E-state index contributed by atoms with van der Waals surface area (Å²) in [5.74, 6) is -1.50. The molecule has 0 saturated heterocycles. The number of carbonyl (C=O) groups is 2. The van der Waals surface area contributed by atoms with Crippen LogP contribution in [0.15, 0.2) is 16.7 Å². The third-order valence-corrected chi connectivity index (χ3v) is 4.16. The van der Waals surface area contributed by atoms with E-state index in [0.717, 1.165) is 17.3 Å². The second-order valence-electron chi connectivity index (χ2n) is 5.97. The first-order valence-electron chi connectivity index (χ1n) is 7.22. The molecule has 0 unspecified atom stereocenters. The molecule has 0 bridgehead atoms. The summed E-state index contributed by atoms with van der Waals surface area (Å²) < 4.78 is 2.79. The van der Waals surface area contributed by atoms with Crippen molar-refractivity contribution >= 4 is 27.8 Å². The number of carboxylic acids is 1. The molecular formula is C15H21BrN2O3.